The molecule has 1 heterocycles. The van der Waals surface area contributed by atoms with E-state index in [2.05, 4.69) is 12.2 Å². The summed E-state index contributed by atoms with van der Waals surface area (Å²) in [6, 6.07) is 0. The number of hydrogen-bond donors (Lipinski definition) is 2. The Kier molecular flexibility index (Phi) is 6.56. The summed E-state index contributed by atoms with van der Waals surface area (Å²) in [5.74, 6) is -0.652. The molecule has 1 aliphatic heterocycles. The Bertz CT molecular complexity index is 222. The fourth-order valence-corrected chi connectivity index (χ4v) is 2.69. The van der Waals surface area contributed by atoms with Crippen LogP contribution in [-0.2, 0) is 4.79 Å². The Hall–Kier alpha value is -0.570. The van der Waals surface area contributed by atoms with Crippen molar-refractivity contribution in [2.45, 2.75) is 76.7 Å². The summed E-state index contributed by atoms with van der Waals surface area (Å²) in [4.78, 5) is 11.3. The third kappa shape index (κ3) is 4.66. The summed E-state index contributed by atoms with van der Waals surface area (Å²) < 4.78 is 0. The van der Waals surface area contributed by atoms with Crippen molar-refractivity contribution in [2.24, 2.45) is 0 Å². The average Bonchev–Trinajstić information content (AvgIpc) is 2.78. The second-order valence-electron chi connectivity index (χ2n) is 5.29. The molecule has 100 valence electrons. The van der Waals surface area contributed by atoms with Crippen LogP contribution < -0.4 is 5.32 Å². The van der Waals surface area contributed by atoms with Crippen LogP contribution in [0.5, 0.6) is 0 Å². The van der Waals surface area contributed by atoms with Gasteiger partial charge in [-0.05, 0) is 25.8 Å². The zero-order chi connectivity index (χ0) is 12.6. The van der Waals surface area contributed by atoms with Crippen LogP contribution in [0, 0.1) is 0 Å². The number of aliphatic carboxylic acids is 1. The summed E-state index contributed by atoms with van der Waals surface area (Å²) in [7, 11) is 0. The molecular weight excluding hydrogens is 214 g/mol. The maximum Gasteiger partial charge on any atom is 0.323 e. The number of unbranched alkanes of at least 4 members (excludes halogenated alkanes) is 6. The Morgan fingerprint density at radius 1 is 1.18 bits per heavy atom. The smallest absolute Gasteiger partial charge is 0.323 e. The van der Waals surface area contributed by atoms with Crippen molar-refractivity contribution in [3.63, 3.8) is 0 Å². The van der Waals surface area contributed by atoms with Gasteiger partial charge in [0, 0.05) is 0 Å². The van der Waals surface area contributed by atoms with Crippen molar-refractivity contribution < 1.29 is 9.90 Å². The fourth-order valence-electron chi connectivity index (χ4n) is 2.69. The SMILES string of the molecule is CCCCCCCCCC1(C(=O)O)CCCN1. The molecule has 0 aromatic heterocycles. The minimum absolute atomic E-state index is 0.594. The molecule has 1 atom stereocenters. The van der Waals surface area contributed by atoms with Gasteiger partial charge in [0.1, 0.15) is 5.54 Å². The van der Waals surface area contributed by atoms with Crippen LogP contribution >= 0.6 is 0 Å². The number of rotatable bonds is 9. The predicted molar refractivity (Wildman–Crippen MR) is 70.2 cm³/mol. The van der Waals surface area contributed by atoms with E-state index in [4.69, 9.17) is 0 Å². The van der Waals surface area contributed by atoms with Crippen LogP contribution in [0.2, 0.25) is 0 Å². The number of hydrogen-bond acceptors (Lipinski definition) is 2. The molecule has 1 aliphatic rings. The number of nitrogens with one attached hydrogen (secondary N) is 1. The van der Waals surface area contributed by atoms with Crippen molar-refractivity contribution in [3.8, 4) is 0 Å². The summed E-state index contributed by atoms with van der Waals surface area (Å²) in [6.45, 7) is 3.09. The molecule has 1 fully saturated rings. The molecule has 1 saturated heterocycles. The van der Waals surface area contributed by atoms with Gasteiger partial charge in [0.05, 0.1) is 0 Å². The van der Waals surface area contributed by atoms with Crippen LogP contribution in [0.1, 0.15) is 71.1 Å². The lowest BCUT2D eigenvalue weighted by Crippen LogP contribution is -2.47. The van der Waals surface area contributed by atoms with Gasteiger partial charge in [-0.25, -0.2) is 0 Å². The van der Waals surface area contributed by atoms with E-state index in [-0.39, 0.29) is 0 Å². The maximum absolute atomic E-state index is 11.3. The molecule has 0 amide bonds. The second kappa shape index (κ2) is 7.70. The Labute approximate surface area is 105 Å². The highest BCUT2D eigenvalue weighted by atomic mass is 16.4. The van der Waals surface area contributed by atoms with E-state index in [0.717, 1.165) is 32.2 Å². The van der Waals surface area contributed by atoms with E-state index in [0.29, 0.717) is 0 Å². The molecule has 2 N–H and O–H groups in total. The lowest BCUT2D eigenvalue weighted by Gasteiger charge is -2.24. The molecule has 0 radical (unpaired) electrons. The van der Waals surface area contributed by atoms with E-state index in [1.54, 1.807) is 0 Å². The van der Waals surface area contributed by atoms with Crippen molar-refractivity contribution >= 4 is 5.97 Å². The van der Waals surface area contributed by atoms with Gasteiger partial charge in [0.2, 0.25) is 0 Å². The lowest BCUT2D eigenvalue weighted by atomic mass is 9.90. The topological polar surface area (TPSA) is 49.3 Å². The van der Waals surface area contributed by atoms with Gasteiger partial charge in [-0.15, -0.1) is 0 Å². The van der Waals surface area contributed by atoms with Crippen LogP contribution in [0.4, 0.5) is 0 Å². The molecule has 0 aromatic carbocycles. The standard InChI is InChI=1S/C14H27NO2/c1-2-3-4-5-6-7-8-10-14(13(16)17)11-9-12-15-14/h15H,2-12H2,1H3,(H,16,17). The first-order chi connectivity index (χ1) is 8.21. The lowest BCUT2D eigenvalue weighted by molar-refractivity contribution is -0.144. The third-order valence-corrected chi connectivity index (χ3v) is 3.86. The molecule has 3 nitrogen and oxygen atoms in total. The van der Waals surface area contributed by atoms with Gasteiger partial charge in [-0.1, -0.05) is 51.9 Å². The van der Waals surface area contributed by atoms with Crippen molar-refractivity contribution in [1.29, 1.82) is 0 Å². The predicted octanol–water partition coefficient (Wildman–Crippen LogP) is 3.33. The number of carboxylic acids is 1. The summed E-state index contributed by atoms with van der Waals surface area (Å²) in [5, 5.41) is 12.5. The molecule has 1 rings (SSSR count). The molecule has 0 saturated carbocycles. The maximum atomic E-state index is 11.3. The summed E-state index contributed by atoms with van der Waals surface area (Å²) in [5.41, 5.74) is -0.594. The van der Waals surface area contributed by atoms with E-state index in [1.807, 2.05) is 0 Å². The van der Waals surface area contributed by atoms with E-state index in [1.165, 1.54) is 38.5 Å². The Morgan fingerprint density at radius 2 is 1.82 bits per heavy atom. The quantitative estimate of drug-likeness (QED) is 0.609. The number of carbonyl (C=O) groups is 1. The van der Waals surface area contributed by atoms with Gasteiger partial charge in [-0.2, -0.15) is 0 Å². The monoisotopic (exact) mass is 241 g/mol. The Morgan fingerprint density at radius 3 is 2.35 bits per heavy atom. The van der Waals surface area contributed by atoms with Crippen LogP contribution in [0.3, 0.4) is 0 Å². The fraction of sp³-hybridized carbons (Fsp3) is 0.929. The zero-order valence-electron chi connectivity index (χ0n) is 11.1. The summed E-state index contributed by atoms with van der Waals surface area (Å²) >= 11 is 0. The van der Waals surface area contributed by atoms with Gasteiger partial charge < -0.3 is 10.4 Å². The van der Waals surface area contributed by atoms with E-state index in [9.17, 15) is 9.90 Å². The molecule has 17 heavy (non-hydrogen) atoms. The Balaban J connectivity index is 2.10. The van der Waals surface area contributed by atoms with Crippen molar-refractivity contribution in [3.05, 3.63) is 0 Å². The first kappa shape index (κ1) is 14.5. The average molecular weight is 241 g/mol. The molecule has 0 aromatic rings. The first-order valence-corrected chi connectivity index (χ1v) is 7.20. The highest BCUT2D eigenvalue weighted by Crippen LogP contribution is 2.26. The van der Waals surface area contributed by atoms with Gasteiger partial charge in [-0.3, -0.25) is 4.79 Å². The van der Waals surface area contributed by atoms with Gasteiger partial charge in [0.25, 0.3) is 0 Å². The van der Waals surface area contributed by atoms with Crippen molar-refractivity contribution in [2.75, 3.05) is 6.54 Å². The van der Waals surface area contributed by atoms with Crippen LogP contribution in [0.25, 0.3) is 0 Å². The minimum Gasteiger partial charge on any atom is -0.480 e. The summed E-state index contributed by atoms with van der Waals surface area (Å²) in [6.07, 6.45) is 11.4. The molecule has 0 aliphatic carbocycles. The second-order valence-corrected chi connectivity index (χ2v) is 5.29. The minimum atomic E-state index is -0.652. The van der Waals surface area contributed by atoms with E-state index < -0.39 is 11.5 Å². The normalized spacial score (nSPS) is 24.1. The largest absolute Gasteiger partial charge is 0.480 e. The highest BCUT2D eigenvalue weighted by Gasteiger charge is 2.40. The molecular formula is C14H27NO2. The number of carboxylic acid groups (broad SMARTS) is 1. The molecule has 0 spiro atoms. The highest BCUT2D eigenvalue weighted by molar-refractivity contribution is 5.79. The van der Waals surface area contributed by atoms with E-state index >= 15 is 0 Å². The zero-order valence-corrected chi connectivity index (χ0v) is 11.1. The first-order valence-electron chi connectivity index (χ1n) is 7.20. The van der Waals surface area contributed by atoms with Crippen LogP contribution in [0.15, 0.2) is 0 Å². The molecule has 3 heteroatoms. The van der Waals surface area contributed by atoms with Crippen molar-refractivity contribution in [1.82, 2.24) is 5.32 Å². The third-order valence-electron chi connectivity index (χ3n) is 3.86. The van der Waals surface area contributed by atoms with Crippen LogP contribution in [-0.4, -0.2) is 23.2 Å². The molecule has 1 unspecified atom stereocenters. The van der Waals surface area contributed by atoms with Gasteiger partial charge in [0.15, 0.2) is 0 Å². The van der Waals surface area contributed by atoms with Gasteiger partial charge >= 0.3 is 5.97 Å². The molecule has 0 bridgehead atoms.